The number of benzene rings is 1. The minimum absolute atomic E-state index is 0.704. The molecule has 1 aliphatic rings. The van der Waals surface area contributed by atoms with E-state index in [0.29, 0.717) is 5.92 Å². The SMILES string of the molecule is CCCCCN1CCCC(COc2ccccc2)C1.O=C(O)C(=O)O. The fourth-order valence-electron chi connectivity index (χ4n) is 2.81. The molecule has 1 aromatic rings. The zero-order chi connectivity index (χ0) is 18.5. The number of rotatable bonds is 7. The first-order chi connectivity index (χ1) is 12.0. The predicted octanol–water partition coefficient (Wildman–Crippen LogP) is 3.12. The van der Waals surface area contributed by atoms with Crippen LogP contribution in [0, 0.1) is 5.92 Å². The Morgan fingerprint density at radius 2 is 1.84 bits per heavy atom. The van der Waals surface area contributed by atoms with Gasteiger partial charge in [0.15, 0.2) is 0 Å². The molecular weight excluding hydrogens is 322 g/mol. The number of likely N-dealkylation sites (tertiary alicyclic amines) is 1. The average Bonchev–Trinajstić information content (AvgIpc) is 2.62. The van der Waals surface area contributed by atoms with Gasteiger partial charge in [0, 0.05) is 12.5 Å². The molecule has 0 saturated carbocycles. The van der Waals surface area contributed by atoms with E-state index in [1.165, 1.54) is 51.7 Å². The largest absolute Gasteiger partial charge is 0.493 e. The molecule has 0 spiro atoms. The summed E-state index contributed by atoms with van der Waals surface area (Å²) < 4.78 is 5.89. The van der Waals surface area contributed by atoms with Crippen molar-refractivity contribution in [2.45, 2.75) is 39.0 Å². The minimum Gasteiger partial charge on any atom is -0.493 e. The van der Waals surface area contributed by atoms with Crippen LogP contribution in [0.3, 0.4) is 0 Å². The van der Waals surface area contributed by atoms with Gasteiger partial charge in [-0.05, 0) is 44.5 Å². The zero-order valence-electron chi connectivity index (χ0n) is 14.9. The lowest BCUT2D eigenvalue weighted by molar-refractivity contribution is -0.159. The summed E-state index contributed by atoms with van der Waals surface area (Å²) in [6.45, 7) is 6.92. The molecule has 0 aliphatic carbocycles. The Labute approximate surface area is 149 Å². The third kappa shape index (κ3) is 9.72. The van der Waals surface area contributed by atoms with Crippen LogP contribution in [0.5, 0.6) is 5.75 Å². The smallest absolute Gasteiger partial charge is 0.414 e. The van der Waals surface area contributed by atoms with Crippen molar-refractivity contribution in [3.63, 3.8) is 0 Å². The van der Waals surface area contributed by atoms with Gasteiger partial charge in [-0.1, -0.05) is 38.0 Å². The van der Waals surface area contributed by atoms with Gasteiger partial charge >= 0.3 is 11.9 Å². The number of carbonyl (C=O) groups is 2. The van der Waals surface area contributed by atoms with E-state index in [0.717, 1.165) is 12.4 Å². The van der Waals surface area contributed by atoms with Crippen molar-refractivity contribution in [2.24, 2.45) is 5.92 Å². The molecule has 2 rings (SSSR count). The molecular formula is C19H29NO5. The van der Waals surface area contributed by atoms with Gasteiger partial charge in [-0.15, -0.1) is 0 Å². The van der Waals surface area contributed by atoms with Crippen molar-refractivity contribution < 1.29 is 24.5 Å². The number of piperidine rings is 1. The minimum atomic E-state index is -1.82. The van der Waals surface area contributed by atoms with Crippen LogP contribution >= 0.6 is 0 Å². The predicted molar refractivity (Wildman–Crippen MR) is 95.9 cm³/mol. The first-order valence-electron chi connectivity index (χ1n) is 8.89. The highest BCUT2D eigenvalue weighted by Crippen LogP contribution is 2.19. The van der Waals surface area contributed by atoms with Crippen molar-refractivity contribution in [3.05, 3.63) is 30.3 Å². The van der Waals surface area contributed by atoms with E-state index in [1.54, 1.807) is 0 Å². The molecule has 1 fully saturated rings. The van der Waals surface area contributed by atoms with E-state index in [2.05, 4.69) is 11.8 Å². The number of carboxylic acid groups (broad SMARTS) is 2. The topological polar surface area (TPSA) is 87.1 Å². The van der Waals surface area contributed by atoms with Crippen LogP contribution in [-0.2, 0) is 9.59 Å². The maximum atomic E-state index is 9.10. The van der Waals surface area contributed by atoms with Crippen LogP contribution in [0.2, 0.25) is 0 Å². The summed E-state index contributed by atoms with van der Waals surface area (Å²) in [5.74, 6) is -1.94. The molecule has 1 unspecified atom stereocenters. The second kappa shape index (κ2) is 12.3. The van der Waals surface area contributed by atoms with Crippen LogP contribution in [-0.4, -0.2) is 53.3 Å². The summed E-state index contributed by atoms with van der Waals surface area (Å²) in [7, 11) is 0. The highest BCUT2D eigenvalue weighted by Gasteiger charge is 2.19. The fourth-order valence-corrected chi connectivity index (χ4v) is 2.81. The normalized spacial score (nSPS) is 17.2. The number of hydrogen-bond acceptors (Lipinski definition) is 4. The summed E-state index contributed by atoms with van der Waals surface area (Å²) in [4.78, 5) is 20.8. The van der Waals surface area contributed by atoms with Gasteiger partial charge in [-0.3, -0.25) is 0 Å². The van der Waals surface area contributed by atoms with Gasteiger partial charge in [-0.2, -0.15) is 0 Å². The number of para-hydroxylation sites is 1. The molecule has 25 heavy (non-hydrogen) atoms. The average molecular weight is 351 g/mol. The molecule has 1 saturated heterocycles. The monoisotopic (exact) mass is 351 g/mol. The second-order valence-corrected chi connectivity index (χ2v) is 6.25. The Balaban J connectivity index is 0.000000450. The molecule has 1 aromatic carbocycles. The van der Waals surface area contributed by atoms with Crippen molar-refractivity contribution in [2.75, 3.05) is 26.2 Å². The summed E-state index contributed by atoms with van der Waals surface area (Å²) in [5.41, 5.74) is 0. The van der Waals surface area contributed by atoms with E-state index in [4.69, 9.17) is 24.5 Å². The van der Waals surface area contributed by atoms with Gasteiger partial charge in [0.1, 0.15) is 5.75 Å². The van der Waals surface area contributed by atoms with Crippen molar-refractivity contribution in [3.8, 4) is 5.75 Å². The molecule has 1 aliphatic heterocycles. The standard InChI is InChI=1S/C17H27NO.C2H2O4/c1-2-3-7-12-18-13-8-9-16(14-18)15-19-17-10-5-4-6-11-17;3-1(4)2(5)6/h4-6,10-11,16H,2-3,7-9,12-15H2,1H3;(H,3,4)(H,5,6). The number of hydrogen-bond donors (Lipinski definition) is 2. The second-order valence-electron chi connectivity index (χ2n) is 6.25. The van der Waals surface area contributed by atoms with E-state index in [9.17, 15) is 0 Å². The summed E-state index contributed by atoms with van der Waals surface area (Å²) in [6, 6.07) is 10.2. The lowest BCUT2D eigenvalue weighted by Crippen LogP contribution is -2.38. The number of unbranched alkanes of at least 4 members (excludes halogenated alkanes) is 2. The van der Waals surface area contributed by atoms with Crippen LogP contribution in [0.15, 0.2) is 30.3 Å². The lowest BCUT2D eigenvalue weighted by Gasteiger charge is -2.32. The quantitative estimate of drug-likeness (QED) is 0.580. The maximum Gasteiger partial charge on any atom is 0.414 e. The van der Waals surface area contributed by atoms with E-state index in [-0.39, 0.29) is 0 Å². The van der Waals surface area contributed by atoms with E-state index < -0.39 is 11.9 Å². The number of carboxylic acids is 2. The molecule has 0 bridgehead atoms. The Bertz CT molecular complexity index is 494. The molecule has 6 heteroatoms. The van der Waals surface area contributed by atoms with Crippen LogP contribution in [0.25, 0.3) is 0 Å². The van der Waals surface area contributed by atoms with Gasteiger partial charge in [0.05, 0.1) is 6.61 Å². The van der Waals surface area contributed by atoms with E-state index in [1.807, 2.05) is 30.3 Å². The number of ether oxygens (including phenoxy) is 1. The first-order valence-corrected chi connectivity index (χ1v) is 8.89. The van der Waals surface area contributed by atoms with Crippen LogP contribution < -0.4 is 4.74 Å². The molecule has 140 valence electrons. The van der Waals surface area contributed by atoms with Gasteiger partial charge in [0.2, 0.25) is 0 Å². The Hall–Kier alpha value is -2.08. The summed E-state index contributed by atoms with van der Waals surface area (Å²) in [5, 5.41) is 14.8. The highest BCUT2D eigenvalue weighted by atomic mass is 16.5. The van der Waals surface area contributed by atoms with Gasteiger partial charge in [-0.25, -0.2) is 9.59 Å². The molecule has 1 atom stereocenters. The summed E-state index contributed by atoms with van der Waals surface area (Å²) in [6.07, 6.45) is 6.67. The lowest BCUT2D eigenvalue weighted by atomic mass is 9.98. The third-order valence-electron chi connectivity index (χ3n) is 4.09. The van der Waals surface area contributed by atoms with Gasteiger partial charge < -0.3 is 19.8 Å². The molecule has 6 nitrogen and oxygen atoms in total. The van der Waals surface area contributed by atoms with Gasteiger partial charge in [0.25, 0.3) is 0 Å². The number of nitrogens with zero attached hydrogens (tertiary/aromatic N) is 1. The maximum absolute atomic E-state index is 9.10. The molecule has 0 radical (unpaired) electrons. The highest BCUT2D eigenvalue weighted by molar-refractivity contribution is 6.27. The Morgan fingerprint density at radius 1 is 1.16 bits per heavy atom. The Kier molecular flexibility index (Phi) is 10.3. The van der Waals surface area contributed by atoms with Crippen molar-refractivity contribution in [1.82, 2.24) is 4.90 Å². The van der Waals surface area contributed by atoms with Crippen LogP contribution in [0.4, 0.5) is 0 Å². The molecule has 0 amide bonds. The third-order valence-corrected chi connectivity index (χ3v) is 4.09. The van der Waals surface area contributed by atoms with Crippen LogP contribution in [0.1, 0.15) is 39.0 Å². The summed E-state index contributed by atoms with van der Waals surface area (Å²) >= 11 is 0. The van der Waals surface area contributed by atoms with Crippen molar-refractivity contribution >= 4 is 11.9 Å². The Morgan fingerprint density at radius 3 is 2.44 bits per heavy atom. The zero-order valence-corrected chi connectivity index (χ0v) is 14.9. The molecule has 0 aromatic heterocycles. The number of aliphatic carboxylic acids is 2. The first kappa shape index (κ1) is 21.0. The van der Waals surface area contributed by atoms with E-state index >= 15 is 0 Å². The van der Waals surface area contributed by atoms with Crippen molar-refractivity contribution in [1.29, 1.82) is 0 Å². The molecule has 1 heterocycles. The molecule has 2 N–H and O–H groups in total. The fraction of sp³-hybridized carbons (Fsp3) is 0.579.